The number of ketones is 1. The molecule has 0 aliphatic rings. The van der Waals surface area contributed by atoms with Crippen molar-refractivity contribution in [1.29, 1.82) is 0 Å². The van der Waals surface area contributed by atoms with Gasteiger partial charge in [0.2, 0.25) is 0 Å². The van der Waals surface area contributed by atoms with Crippen LogP contribution in [0.5, 0.6) is 0 Å². The molecule has 1 aromatic carbocycles. The van der Waals surface area contributed by atoms with Crippen molar-refractivity contribution in [2.45, 2.75) is 19.8 Å². The highest BCUT2D eigenvalue weighted by atomic mass is 16.5. The minimum atomic E-state index is 0.160. The number of benzene rings is 1. The molecular formula is C15H17NO2. The molecule has 18 heavy (non-hydrogen) atoms. The number of Topliss-reactive ketones (excluding diaryl/α,β-unsaturated/α-hetero) is 1. The van der Waals surface area contributed by atoms with Crippen LogP contribution in [0.4, 0.5) is 0 Å². The molecule has 0 amide bonds. The van der Waals surface area contributed by atoms with Gasteiger partial charge in [-0.2, -0.15) is 0 Å². The number of nitrogens with zero attached hydrogens (tertiary/aromatic N) is 1. The summed E-state index contributed by atoms with van der Waals surface area (Å²) in [6, 6.07) is 9.47. The summed E-state index contributed by atoms with van der Waals surface area (Å²) in [5, 5.41) is 0.932. The molecule has 3 nitrogen and oxygen atoms in total. The summed E-state index contributed by atoms with van der Waals surface area (Å²) in [6.07, 6.45) is 3.03. The Balaban J connectivity index is 2.13. The summed E-state index contributed by atoms with van der Waals surface area (Å²) in [5.41, 5.74) is 1.63. The van der Waals surface area contributed by atoms with Crippen LogP contribution in [0.1, 0.15) is 30.1 Å². The number of rotatable bonds is 6. The van der Waals surface area contributed by atoms with E-state index in [9.17, 15) is 4.79 Å². The van der Waals surface area contributed by atoms with Crippen LogP contribution in [0.25, 0.3) is 10.9 Å². The van der Waals surface area contributed by atoms with Gasteiger partial charge in [-0.3, -0.25) is 9.78 Å². The van der Waals surface area contributed by atoms with Crippen molar-refractivity contribution in [1.82, 2.24) is 4.98 Å². The third kappa shape index (κ3) is 2.93. The molecule has 1 aromatic heterocycles. The molecule has 0 fully saturated rings. The molecule has 0 radical (unpaired) electrons. The second-order valence-electron chi connectivity index (χ2n) is 4.10. The van der Waals surface area contributed by atoms with E-state index in [4.69, 9.17) is 4.74 Å². The van der Waals surface area contributed by atoms with Gasteiger partial charge in [0, 0.05) is 36.8 Å². The minimum Gasteiger partial charge on any atom is -0.382 e. The Morgan fingerprint density at radius 2 is 2.17 bits per heavy atom. The van der Waals surface area contributed by atoms with Gasteiger partial charge in [-0.15, -0.1) is 0 Å². The molecular weight excluding hydrogens is 226 g/mol. The Morgan fingerprint density at radius 1 is 1.28 bits per heavy atom. The first-order valence-corrected chi connectivity index (χ1v) is 6.27. The summed E-state index contributed by atoms with van der Waals surface area (Å²) in [7, 11) is 0. The van der Waals surface area contributed by atoms with Gasteiger partial charge in [-0.25, -0.2) is 0 Å². The smallest absolute Gasteiger partial charge is 0.163 e. The van der Waals surface area contributed by atoms with E-state index < -0.39 is 0 Å². The number of fused-ring (bicyclic) bond motifs is 1. The zero-order valence-corrected chi connectivity index (χ0v) is 10.6. The number of carbonyl (C=O) groups excluding carboxylic acids is 1. The molecule has 3 heteroatoms. The van der Waals surface area contributed by atoms with Crippen LogP contribution < -0.4 is 0 Å². The molecule has 0 aliphatic heterocycles. The zero-order valence-electron chi connectivity index (χ0n) is 10.6. The Kier molecular flexibility index (Phi) is 4.42. The highest BCUT2D eigenvalue weighted by Gasteiger charge is 2.09. The molecule has 2 aromatic rings. The van der Waals surface area contributed by atoms with Crippen molar-refractivity contribution < 1.29 is 9.53 Å². The lowest BCUT2D eigenvalue weighted by molar-refractivity contribution is 0.0948. The van der Waals surface area contributed by atoms with Gasteiger partial charge in [0.05, 0.1) is 5.52 Å². The SMILES string of the molecule is CCOCCCC(=O)c1cccc2ncccc12. The first-order chi connectivity index (χ1) is 8.83. The van der Waals surface area contributed by atoms with E-state index in [2.05, 4.69) is 4.98 Å². The number of carbonyl (C=O) groups is 1. The Hall–Kier alpha value is -1.74. The quantitative estimate of drug-likeness (QED) is 0.577. The normalized spacial score (nSPS) is 10.7. The summed E-state index contributed by atoms with van der Waals surface area (Å²) >= 11 is 0. The molecule has 0 aliphatic carbocycles. The first kappa shape index (κ1) is 12.7. The van der Waals surface area contributed by atoms with Gasteiger partial charge in [-0.05, 0) is 25.5 Å². The lowest BCUT2D eigenvalue weighted by atomic mass is 10.0. The standard InChI is InChI=1S/C15H17NO2/c1-2-18-11-5-9-15(17)13-6-3-8-14-12(13)7-4-10-16-14/h3-4,6-8,10H,2,5,9,11H2,1H3. The van der Waals surface area contributed by atoms with Crippen molar-refractivity contribution in [3.05, 3.63) is 42.1 Å². The maximum absolute atomic E-state index is 12.1. The number of ether oxygens (including phenoxy) is 1. The maximum atomic E-state index is 12.1. The molecule has 0 N–H and O–H groups in total. The molecule has 0 spiro atoms. The van der Waals surface area contributed by atoms with Gasteiger partial charge in [0.15, 0.2) is 5.78 Å². The van der Waals surface area contributed by atoms with Crippen LogP contribution in [0.15, 0.2) is 36.5 Å². The average molecular weight is 243 g/mol. The maximum Gasteiger partial charge on any atom is 0.163 e. The van der Waals surface area contributed by atoms with Crippen LogP contribution in [0, 0.1) is 0 Å². The van der Waals surface area contributed by atoms with Crippen molar-refractivity contribution in [3.63, 3.8) is 0 Å². The molecule has 0 saturated carbocycles. The third-order valence-corrected chi connectivity index (χ3v) is 2.84. The van der Waals surface area contributed by atoms with Gasteiger partial charge in [0.1, 0.15) is 0 Å². The molecule has 2 rings (SSSR count). The summed E-state index contributed by atoms with van der Waals surface area (Å²) in [4.78, 5) is 16.4. The fraction of sp³-hybridized carbons (Fsp3) is 0.333. The van der Waals surface area contributed by atoms with Gasteiger partial charge in [-0.1, -0.05) is 18.2 Å². The topological polar surface area (TPSA) is 39.2 Å². The van der Waals surface area contributed by atoms with Crippen molar-refractivity contribution >= 4 is 16.7 Å². The number of aromatic nitrogens is 1. The third-order valence-electron chi connectivity index (χ3n) is 2.84. The molecule has 94 valence electrons. The largest absolute Gasteiger partial charge is 0.382 e. The van der Waals surface area contributed by atoms with Gasteiger partial charge in [0.25, 0.3) is 0 Å². The molecule has 0 unspecified atom stereocenters. The van der Waals surface area contributed by atoms with E-state index in [1.807, 2.05) is 37.3 Å². The molecule has 0 saturated heterocycles. The van der Waals surface area contributed by atoms with E-state index in [-0.39, 0.29) is 5.78 Å². The predicted molar refractivity (Wildman–Crippen MR) is 71.8 cm³/mol. The van der Waals surface area contributed by atoms with Crippen molar-refractivity contribution in [2.24, 2.45) is 0 Å². The lowest BCUT2D eigenvalue weighted by Crippen LogP contribution is -2.03. The van der Waals surface area contributed by atoms with Crippen molar-refractivity contribution in [3.8, 4) is 0 Å². The Bertz CT molecular complexity index is 532. The molecule has 0 bridgehead atoms. The van der Waals surface area contributed by atoms with Gasteiger partial charge >= 0.3 is 0 Å². The van der Waals surface area contributed by atoms with Crippen LogP contribution >= 0.6 is 0 Å². The van der Waals surface area contributed by atoms with E-state index in [1.54, 1.807) is 6.20 Å². The number of hydrogen-bond acceptors (Lipinski definition) is 3. The highest BCUT2D eigenvalue weighted by molar-refractivity contribution is 6.07. The van der Waals surface area contributed by atoms with Crippen LogP contribution in [-0.2, 0) is 4.74 Å². The van der Waals surface area contributed by atoms with Gasteiger partial charge < -0.3 is 4.74 Å². The van der Waals surface area contributed by atoms with Crippen LogP contribution in [0.2, 0.25) is 0 Å². The molecule has 1 heterocycles. The summed E-state index contributed by atoms with van der Waals surface area (Å²) in [6.45, 7) is 3.30. The minimum absolute atomic E-state index is 0.160. The summed E-state index contributed by atoms with van der Waals surface area (Å²) in [5.74, 6) is 0.160. The van der Waals surface area contributed by atoms with Crippen molar-refractivity contribution in [2.75, 3.05) is 13.2 Å². The lowest BCUT2D eigenvalue weighted by Gasteiger charge is -2.05. The second kappa shape index (κ2) is 6.26. The van der Waals surface area contributed by atoms with E-state index in [0.29, 0.717) is 19.6 Å². The molecule has 0 atom stereocenters. The monoisotopic (exact) mass is 243 g/mol. The number of pyridine rings is 1. The fourth-order valence-electron chi connectivity index (χ4n) is 1.96. The Morgan fingerprint density at radius 3 is 3.00 bits per heavy atom. The van der Waals surface area contributed by atoms with E-state index in [0.717, 1.165) is 22.9 Å². The Labute approximate surface area is 107 Å². The fourth-order valence-corrected chi connectivity index (χ4v) is 1.96. The predicted octanol–water partition coefficient (Wildman–Crippen LogP) is 3.23. The zero-order chi connectivity index (χ0) is 12.8. The first-order valence-electron chi connectivity index (χ1n) is 6.27. The van der Waals surface area contributed by atoms with Crippen LogP contribution in [-0.4, -0.2) is 24.0 Å². The second-order valence-corrected chi connectivity index (χ2v) is 4.10. The van der Waals surface area contributed by atoms with Crippen LogP contribution in [0.3, 0.4) is 0 Å². The van der Waals surface area contributed by atoms with E-state index in [1.165, 1.54) is 0 Å². The van der Waals surface area contributed by atoms with E-state index >= 15 is 0 Å². The summed E-state index contributed by atoms with van der Waals surface area (Å²) < 4.78 is 5.24. The highest BCUT2D eigenvalue weighted by Crippen LogP contribution is 2.18. The average Bonchev–Trinajstić information content (AvgIpc) is 2.43. The number of hydrogen-bond donors (Lipinski definition) is 0.